The fraction of sp³-hybridized carbons (Fsp3) is 0.647. The first kappa shape index (κ1) is 17.5. The molecular formula is C17H25NO5S. The summed E-state index contributed by atoms with van der Waals surface area (Å²) in [7, 11) is -3.69. The maximum absolute atomic E-state index is 13.2. The number of aliphatic hydroxyl groups excluding tert-OH is 1. The van der Waals surface area contributed by atoms with E-state index in [-0.39, 0.29) is 16.9 Å². The van der Waals surface area contributed by atoms with E-state index in [2.05, 4.69) is 6.92 Å². The summed E-state index contributed by atoms with van der Waals surface area (Å²) in [4.78, 5) is 0.157. The highest BCUT2D eigenvalue weighted by Gasteiger charge is 2.40. The summed E-state index contributed by atoms with van der Waals surface area (Å²) in [6, 6.07) is 4.96. The van der Waals surface area contributed by atoms with Crippen LogP contribution in [0.25, 0.3) is 0 Å². The van der Waals surface area contributed by atoms with Crippen molar-refractivity contribution in [2.75, 3.05) is 32.9 Å². The number of nitrogens with zero attached hydrogens (tertiary/aromatic N) is 1. The Morgan fingerprint density at radius 1 is 1.29 bits per heavy atom. The number of benzene rings is 1. The van der Waals surface area contributed by atoms with Gasteiger partial charge < -0.3 is 14.6 Å². The Bertz CT molecular complexity index is 686. The second kappa shape index (κ2) is 6.90. The van der Waals surface area contributed by atoms with Gasteiger partial charge in [-0.15, -0.1) is 0 Å². The molecule has 1 aromatic carbocycles. The van der Waals surface area contributed by atoms with Gasteiger partial charge in [-0.2, -0.15) is 4.31 Å². The number of para-hydroxylation sites is 1. The van der Waals surface area contributed by atoms with Crippen LogP contribution in [0.1, 0.15) is 32.6 Å². The minimum absolute atomic E-state index is 0.0133. The Labute approximate surface area is 143 Å². The average molecular weight is 355 g/mol. The minimum atomic E-state index is -3.69. The molecule has 0 aromatic heterocycles. The van der Waals surface area contributed by atoms with E-state index in [4.69, 9.17) is 9.47 Å². The summed E-state index contributed by atoms with van der Waals surface area (Å²) in [5, 5.41) is 9.85. The van der Waals surface area contributed by atoms with Crippen LogP contribution in [0.2, 0.25) is 0 Å². The molecule has 1 aromatic rings. The van der Waals surface area contributed by atoms with E-state index in [0.717, 1.165) is 25.7 Å². The van der Waals surface area contributed by atoms with Crippen molar-refractivity contribution in [3.8, 4) is 11.5 Å². The van der Waals surface area contributed by atoms with Crippen LogP contribution in [0.4, 0.5) is 0 Å². The van der Waals surface area contributed by atoms with Crippen LogP contribution < -0.4 is 9.47 Å². The van der Waals surface area contributed by atoms with Crippen LogP contribution >= 0.6 is 0 Å². The molecule has 7 heteroatoms. The molecule has 134 valence electrons. The molecule has 0 bridgehead atoms. The van der Waals surface area contributed by atoms with Gasteiger partial charge in [0.15, 0.2) is 11.5 Å². The normalized spacial score (nSPS) is 24.8. The zero-order chi connectivity index (χ0) is 17.2. The molecule has 2 aliphatic heterocycles. The lowest BCUT2D eigenvalue weighted by molar-refractivity contribution is 0.0557. The minimum Gasteiger partial charge on any atom is -0.486 e. The Morgan fingerprint density at radius 2 is 2.08 bits per heavy atom. The Morgan fingerprint density at radius 3 is 2.83 bits per heavy atom. The van der Waals surface area contributed by atoms with Crippen molar-refractivity contribution >= 4 is 10.0 Å². The van der Waals surface area contributed by atoms with Gasteiger partial charge in [0.1, 0.15) is 18.1 Å². The average Bonchev–Trinajstić information content (AvgIpc) is 2.61. The number of piperidine rings is 1. The lowest BCUT2D eigenvalue weighted by atomic mass is 9.78. The summed E-state index contributed by atoms with van der Waals surface area (Å²) >= 11 is 0. The highest BCUT2D eigenvalue weighted by Crippen LogP contribution is 2.41. The predicted molar refractivity (Wildman–Crippen MR) is 89.9 cm³/mol. The molecule has 1 atom stereocenters. The van der Waals surface area contributed by atoms with Crippen molar-refractivity contribution in [2.24, 2.45) is 5.41 Å². The van der Waals surface area contributed by atoms with Gasteiger partial charge in [0, 0.05) is 25.1 Å². The van der Waals surface area contributed by atoms with Gasteiger partial charge in [-0.1, -0.05) is 19.4 Å². The highest BCUT2D eigenvalue weighted by atomic mass is 32.2. The molecule has 0 spiro atoms. The standard InChI is InChI=1S/C17H25NO5S/c1-2-7-17(13-19)8-4-9-18(12-17)24(20,21)15-6-3-5-14-16(15)23-11-10-22-14/h3,5-6,19H,2,4,7-13H2,1H3/t17-/m1/s1. The number of rotatable bonds is 5. The SMILES string of the molecule is CCC[C@@]1(CO)CCCN(S(=O)(=O)c2cccc3c2OCCO3)C1. The maximum Gasteiger partial charge on any atom is 0.246 e. The van der Waals surface area contributed by atoms with Crippen LogP contribution in [0.15, 0.2) is 23.1 Å². The Kier molecular flexibility index (Phi) is 5.03. The predicted octanol–water partition coefficient (Wildman–Crippen LogP) is 2.02. The van der Waals surface area contributed by atoms with E-state index in [0.29, 0.717) is 37.8 Å². The molecule has 1 N–H and O–H groups in total. The summed E-state index contributed by atoms with van der Waals surface area (Å²) in [6.45, 7) is 3.66. The number of sulfonamides is 1. The monoisotopic (exact) mass is 355 g/mol. The summed E-state index contributed by atoms with van der Waals surface area (Å²) < 4.78 is 38.9. The van der Waals surface area contributed by atoms with Gasteiger partial charge in [0.25, 0.3) is 0 Å². The van der Waals surface area contributed by atoms with Crippen LogP contribution in [-0.2, 0) is 10.0 Å². The van der Waals surface area contributed by atoms with Gasteiger partial charge in [-0.3, -0.25) is 0 Å². The van der Waals surface area contributed by atoms with E-state index >= 15 is 0 Å². The lowest BCUT2D eigenvalue weighted by Gasteiger charge is -2.41. The summed E-state index contributed by atoms with van der Waals surface area (Å²) in [5.74, 6) is 0.778. The molecular weight excluding hydrogens is 330 g/mol. The van der Waals surface area contributed by atoms with E-state index in [1.165, 1.54) is 4.31 Å². The summed E-state index contributed by atoms with van der Waals surface area (Å²) in [6.07, 6.45) is 3.36. The Hall–Kier alpha value is -1.31. The van der Waals surface area contributed by atoms with Gasteiger partial charge in [0.2, 0.25) is 10.0 Å². The smallest absolute Gasteiger partial charge is 0.246 e. The number of hydrogen-bond acceptors (Lipinski definition) is 5. The molecule has 3 rings (SSSR count). The molecule has 1 fully saturated rings. The first-order valence-electron chi connectivity index (χ1n) is 8.52. The van der Waals surface area contributed by atoms with Gasteiger partial charge in [0.05, 0.1) is 0 Å². The first-order chi connectivity index (χ1) is 11.5. The summed E-state index contributed by atoms with van der Waals surface area (Å²) in [5.41, 5.74) is -0.341. The zero-order valence-corrected chi connectivity index (χ0v) is 14.8. The third-order valence-corrected chi connectivity index (χ3v) is 6.76. The fourth-order valence-electron chi connectivity index (χ4n) is 3.70. The third-order valence-electron chi connectivity index (χ3n) is 4.89. The second-order valence-electron chi connectivity index (χ2n) is 6.63. The maximum atomic E-state index is 13.2. The number of hydrogen-bond donors (Lipinski definition) is 1. The van der Waals surface area contributed by atoms with Crippen molar-refractivity contribution in [1.29, 1.82) is 0 Å². The topological polar surface area (TPSA) is 76.1 Å². The van der Waals surface area contributed by atoms with Gasteiger partial charge >= 0.3 is 0 Å². The fourth-order valence-corrected chi connectivity index (χ4v) is 5.44. The van der Waals surface area contributed by atoms with Crippen molar-refractivity contribution in [3.05, 3.63) is 18.2 Å². The molecule has 0 unspecified atom stereocenters. The molecule has 0 saturated carbocycles. The van der Waals surface area contributed by atoms with Crippen molar-refractivity contribution in [2.45, 2.75) is 37.5 Å². The molecule has 0 aliphatic carbocycles. The molecule has 24 heavy (non-hydrogen) atoms. The number of ether oxygens (including phenoxy) is 2. The van der Waals surface area contributed by atoms with E-state index < -0.39 is 10.0 Å². The van der Waals surface area contributed by atoms with Crippen LogP contribution in [0, 0.1) is 5.41 Å². The van der Waals surface area contributed by atoms with E-state index in [9.17, 15) is 13.5 Å². The Balaban J connectivity index is 1.93. The van der Waals surface area contributed by atoms with Crippen LogP contribution in [-0.4, -0.2) is 50.7 Å². The number of fused-ring (bicyclic) bond motifs is 1. The first-order valence-corrected chi connectivity index (χ1v) is 9.96. The third kappa shape index (κ3) is 3.12. The molecule has 2 heterocycles. The largest absolute Gasteiger partial charge is 0.486 e. The van der Waals surface area contributed by atoms with Crippen molar-refractivity contribution < 1.29 is 23.0 Å². The second-order valence-corrected chi connectivity index (χ2v) is 8.54. The molecule has 0 amide bonds. The van der Waals surface area contributed by atoms with Crippen LogP contribution in [0.3, 0.4) is 0 Å². The van der Waals surface area contributed by atoms with Crippen molar-refractivity contribution in [1.82, 2.24) is 4.31 Å². The van der Waals surface area contributed by atoms with Crippen molar-refractivity contribution in [3.63, 3.8) is 0 Å². The molecule has 2 aliphatic rings. The quantitative estimate of drug-likeness (QED) is 0.874. The molecule has 0 radical (unpaired) electrons. The van der Waals surface area contributed by atoms with E-state index in [1.54, 1.807) is 18.2 Å². The van der Waals surface area contributed by atoms with E-state index in [1.807, 2.05) is 0 Å². The van der Waals surface area contributed by atoms with Crippen LogP contribution in [0.5, 0.6) is 11.5 Å². The molecule has 6 nitrogen and oxygen atoms in total. The van der Waals surface area contributed by atoms with Gasteiger partial charge in [-0.25, -0.2) is 8.42 Å². The number of aliphatic hydroxyl groups is 1. The molecule has 1 saturated heterocycles. The lowest BCUT2D eigenvalue weighted by Crippen LogP contribution is -2.47. The van der Waals surface area contributed by atoms with Gasteiger partial charge in [-0.05, 0) is 31.4 Å². The zero-order valence-electron chi connectivity index (χ0n) is 14.0. The highest BCUT2D eigenvalue weighted by molar-refractivity contribution is 7.89.